The van der Waals surface area contributed by atoms with E-state index in [1.807, 2.05) is 6.07 Å². The minimum absolute atomic E-state index is 0.0155. The van der Waals surface area contributed by atoms with Gasteiger partial charge in [0.05, 0.1) is 13.1 Å². The molecule has 2 aromatic rings. The zero-order valence-corrected chi connectivity index (χ0v) is 13.9. The Morgan fingerprint density at radius 2 is 2.16 bits per heavy atom. The Labute approximate surface area is 132 Å². The van der Waals surface area contributed by atoms with Gasteiger partial charge in [-0.25, -0.2) is 0 Å². The first-order chi connectivity index (χ1) is 9.15. The van der Waals surface area contributed by atoms with E-state index in [1.54, 1.807) is 0 Å². The molecule has 0 radical (unpaired) electrons. The average molecular weight is 401 g/mol. The van der Waals surface area contributed by atoms with Gasteiger partial charge >= 0.3 is 0 Å². The number of benzene rings is 1. The molecule has 1 atom stereocenters. The van der Waals surface area contributed by atoms with E-state index >= 15 is 0 Å². The third-order valence-corrected chi connectivity index (χ3v) is 5.71. The summed E-state index contributed by atoms with van der Waals surface area (Å²) in [6.07, 6.45) is 1.06. The van der Waals surface area contributed by atoms with Crippen molar-refractivity contribution >= 4 is 49.1 Å². The summed E-state index contributed by atoms with van der Waals surface area (Å²) >= 11 is 8.31. The molecular formula is C14H11Br2NOS. The van der Waals surface area contributed by atoms with E-state index in [2.05, 4.69) is 61.4 Å². The predicted octanol–water partition coefficient (Wildman–Crippen LogP) is 4.34. The van der Waals surface area contributed by atoms with Crippen LogP contribution in [0.25, 0.3) is 0 Å². The number of nitrogens with one attached hydrogen (secondary N) is 1. The maximum atomic E-state index is 12.1. The Morgan fingerprint density at radius 3 is 2.84 bits per heavy atom. The standard InChI is InChI=1S/C14H11Br2NOS/c15-12-6-11(13(16)19-12)14(18)17-7-9-5-8-3-1-2-4-10(8)9/h1-4,6,9H,5,7H2,(H,17,18). The molecule has 0 aliphatic heterocycles. The van der Waals surface area contributed by atoms with Crippen LogP contribution in [0.2, 0.25) is 0 Å². The van der Waals surface area contributed by atoms with E-state index < -0.39 is 0 Å². The van der Waals surface area contributed by atoms with Crippen LogP contribution in [-0.4, -0.2) is 12.5 Å². The van der Waals surface area contributed by atoms with Gasteiger partial charge in [-0.15, -0.1) is 11.3 Å². The second kappa shape index (κ2) is 5.38. The van der Waals surface area contributed by atoms with Crippen LogP contribution in [0.1, 0.15) is 27.4 Å². The van der Waals surface area contributed by atoms with E-state index in [1.165, 1.54) is 22.5 Å². The van der Waals surface area contributed by atoms with Crippen molar-refractivity contribution in [1.29, 1.82) is 0 Å². The second-order valence-electron chi connectivity index (χ2n) is 4.55. The van der Waals surface area contributed by atoms with E-state index in [4.69, 9.17) is 0 Å². The van der Waals surface area contributed by atoms with Crippen LogP contribution >= 0.6 is 43.2 Å². The number of hydrogen-bond donors (Lipinski definition) is 1. The molecule has 1 amide bonds. The third-order valence-electron chi connectivity index (χ3n) is 3.37. The molecular weight excluding hydrogens is 390 g/mol. The largest absolute Gasteiger partial charge is 0.351 e. The molecule has 0 saturated carbocycles. The van der Waals surface area contributed by atoms with Crippen LogP contribution in [0.4, 0.5) is 0 Å². The van der Waals surface area contributed by atoms with Gasteiger partial charge < -0.3 is 5.32 Å². The van der Waals surface area contributed by atoms with Crippen molar-refractivity contribution in [3.05, 3.63) is 54.6 Å². The lowest BCUT2D eigenvalue weighted by atomic mass is 9.77. The van der Waals surface area contributed by atoms with Crippen LogP contribution in [0.15, 0.2) is 37.9 Å². The number of hydrogen-bond acceptors (Lipinski definition) is 2. The van der Waals surface area contributed by atoms with E-state index in [9.17, 15) is 4.79 Å². The summed E-state index contributed by atoms with van der Waals surface area (Å²) in [4.78, 5) is 12.1. The molecule has 1 unspecified atom stereocenters. The van der Waals surface area contributed by atoms with Gasteiger partial charge in [-0.05, 0) is 55.5 Å². The summed E-state index contributed by atoms with van der Waals surface area (Å²) in [5.41, 5.74) is 3.47. The lowest BCUT2D eigenvalue weighted by Gasteiger charge is -2.30. The molecule has 1 aliphatic rings. The average Bonchev–Trinajstić information content (AvgIpc) is 2.69. The minimum Gasteiger partial charge on any atom is -0.351 e. The third kappa shape index (κ3) is 2.64. The fourth-order valence-electron chi connectivity index (χ4n) is 2.35. The molecule has 1 N–H and O–H groups in total. The van der Waals surface area contributed by atoms with Crippen LogP contribution in [0.3, 0.4) is 0 Å². The van der Waals surface area contributed by atoms with Gasteiger partial charge in [0, 0.05) is 12.5 Å². The van der Waals surface area contributed by atoms with E-state index in [-0.39, 0.29) is 5.91 Å². The summed E-state index contributed by atoms with van der Waals surface area (Å²) in [7, 11) is 0. The number of halogens is 2. The Hall–Kier alpha value is -0.650. The number of fused-ring (bicyclic) bond motifs is 1. The van der Waals surface area contributed by atoms with Crippen LogP contribution < -0.4 is 5.32 Å². The Bertz CT molecular complexity index is 638. The fraction of sp³-hybridized carbons (Fsp3) is 0.214. The van der Waals surface area contributed by atoms with E-state index in [0.29, 0.717) is 18.0 Å². The first-order valence-corrected chi connectivity index (χ1v) is 8.36. The van der Waals surface area contributed by atoms with Crippen molar-refractivity contribution < 1.29 is 4.79 Å². The van der Waals surface area contributed by atoms with Gasteiger partial charge in [0.2, 0.25) is 0 Å². The molecule has 0 bridgehead atoms. The first-order valence-electron chi connectivity index (χ1n) is 5.96. The number of carbonyl (C=O) groups is 1. The molecule has 0 saturated heterocycles. The predicted molar refractivity (Wildman–Crippen MR) is 84.9 cm³/mol. The van der Waals surface area contributed by atoms with Crippen molar-refractivity contribution in [2.75, 3.05) is 6.54 Å². The number of thiophene rings is 1. The monoisotopic (exact) mass is 399 g/mol. The highest BCUT2D eigenvalue weighted by Crippen LogP contribution is 2.35. The van der Waals surface area contributed by atoms with E-state index in [0.717, 1.165) is 14.0 Å². The maximum absolute atomic E-state index is 12.1. The molecule has 1 heterocycles. The summed E-state index contributed by atoms with van der Waals surface area (Å²) in [6, 6.07) is 10.3. The Kier molecular flexibility index (Phi) is 3.78. The fourth-order valence-corrected chi connectivity index (χ4v) is 5.14. The first kappa shape index (κ1) is 13.3. The molecule has 1 aliphatic carbocycles. The molecule has 0 fully saturated rings. The summed E-state index contributed by atoms with van der Waals surface area (Å²) in [5.74, 6) is 0.444. The lowest BCUT2D eigenvalue weighted by molar-refractivity contribution is 0.0950. The molecule has 5 heteroatoms. The molecule has 1 aromatic carbocycles. The lowest BCUT2D eigenvalue weighted by Crippen LogP contribution is -2.33. The highest BCUT2D eigenvalue weighted by Gasteiger charge is 2.26. The summed E-state index contributed by atoms with van der Waals surface area (Å²) < 4.78 is 1.82. The molecule has 1 aromatic heterocycles. The van der Waals surface area contributed by atoms with Gasteiger partial charge in [-0.1, -0.05) is 24.3 Å². The normalized spacial score (nSPS) is 16.6. The van der Waals surface area contributed by atoms with Crippen molar-refractivity contribution in [1.82, 2.24) is 5.32 Å². The van der Waals surface area contributed by atoms with Crippen LogP contribution in [0.5, 0.6) is 0 Å². The van der Waals surface area contributed by atoms with Crippen molar-refractivity contribution in [3.63, 3.8) is 0 Å². The van der Waals surface area contributed by atoms with Crippen LogP contribution in [-0.2, 0) is 6.42 Å². The number of carbonyl (C=O) groups excluding carboxylic acids is 1. The molecule has 19 heavy (non-hydrogen) atoms. The maximum Gasteiger partial charge on any atom is 0.253 e. The number of rotatable bonds is 3. The SMILES string of the molecule is O=C(NCC1Cc2ccccc21)c1cc(Br)sc1Br. The van der Waals surface area contributed by atoms with Gasteiger partial charge in [0.25, 0.3) is 5.91 Å². The number of amides is 1. The summed E-state index contributed by atoms with van der Waals surface area (Å²) in [5, 5.41) is 3.01. The Morgan fingerprint density at radius 1 is 1.37 bits per heavy atom. The van der Waals surface area contributed by atoms with Crippen molar-refractivity contribution in [2.24, 2.45) is 0 Å². The van der Waals surface area contributed by atoms with Crippen molar-refractivity contribution in [3.8, 4) is 0 Å². The van der Waals surface area contributed by atoms with Gasteiger partial charge in [0.15, 0.2) is 0 Å². The highest BCUT2D eigenvalue weighted by atomic mass is 79.9. The smallest absolute Gasteiger partial charge is 0.253 e. The second-order valence-corrected chi connectivity index (χ2v) is 8.30. The summed E-state index contributed by atoms with van der Waals surface area (Å²) in [6.45, 7) is 0.704. The van der Waals surface area contributed by atoms with Crippen molar-refractivity contribution in [2.45, 2.75) is 12.3 Å². The van der Waals surface area contributed by atoms with Gasteiger partial charge in [0.1, 0.15) is 0 Å². The van der Waals surface area contributed by atoms with Gasteiger partial charge in [-0.3, -0.25) is 4.79 Å². The zero-order chi connectivity index (χ0) is 13.4. The zero-order valence-electron chi connectivity index (χ0n) is 9.95. The Balaban J connectivity index is 1.62. The molecule has 3 rings (SSSR count). The topological polar surface area (TPSA) is 29.1 Å². The molecule has 0 spiro atoms. The van der Waals surface area contributed by atoms with Crippen LogP contribution in [0, 0.1) is 0 Å². The molecule has 98 valence electrons. The highest BCUT2D eigenvalue weighted by molar-refractivity contribution is 9.12. The quantitative estimate of drug-likeness (QED) is 0.815. The van der Waals surface area contributed by atoms with Gasteiger partial charge in [-0.2, -0.15) is 0 Å². The minimum atomic E-state index is -0.0155. The molecule has 2 nitrogen and oxygen atoms in total.